The summed E-state index contributed by atoms with van der Waals surface area (Å²) < 4.78 is 1.66. The number of carboxylic acid groups (broad SMARTS) is 1. The van der Waals surface area contributed by atoms with Crippen molar-refractivity contribution in [3.63, 3.8) is 0 Å². The third kappa shape index (κ3) is 2.83. The van der Waals surface area contributed by atoms with Gasteiger partial charge in [0.25, 0.3) is 0 Å². The molecular formula is C13H17N3O3. The molecule has 1 aliphatic rings. The van der Waals surface area contributed by atoms with Gasteiger partial charge in [0.05, 0.1) is 12.1 Å². The number of hydrogen-bond donors (Lipinski definition) is 1. The number of rotatable bonds is 3. The summed E-state index contributed by atoms with van der Waals surface area (Å²) in [5.41, 5.74) is 0.845. The number of aryl methyl sites for hydroxylation is 1. The number of amides is 1. The van der Waals surface area contributed by atoms with E-state index >= 15 is 0 Å². The Bertz CT molecular complexity index is 521. The molecule has 1 aromatic heterocycles. The van der Waals surface area contributed by atoms with E-state index in [1.807, 2.05) is 0 Å². The summed E-state index contributed by atoms with van der Waals surface area (Å²) in [6.45, 7) is 2.27. The molecule has 1 aliphatic heterocycles. The Labute approximate surface area is 111 Å². The Balaban J connectivity index is 2.01. The van der Waals surface area contributed by atoms with Gasteiger partial charge in [-0.25, -0.2) is 0 Å². The first-order valence-corrected chi connectivity index (χ1v) is 6.19. The highest BCUT2D eigenvalue weighted by Gasteiger charge is 2.37. The van der Waals surface area contributed by atoms with E-state index < -0.39 is 11.9 Å². The molecule has 2 rings (SSSR count). The van der Waals surface area contributed by atoms with Gasteiger partial charge in [0.15, 0.2) is 0 Å². The predicted octanol–water partition coefficient (Wildman–Crippen LogP) is 0.755. The lowest BCUT2D eigenvalue weighted by Crippen LogP contribution is -2.36. The van der Waals surface area contributed by atoms with Crippen LogP contribution in [0.3, 0.4) is 0 Å². The molecule has 19 heavy (non-hydrogen) atoms. The maximum atomic E-state index is 12.0. The normalized spacial score (nSPS) is 23.2. The van der Waals surface area contributed by atoms with Gasteiger partial charge in [-0.3, -0.25) is 14.3 Å². The molecule has 1 aromatic rings. The monoisotopic (exact) mass is 263 g/mol. The minimum absolute atomic E-state index is 0.153. The Hall–Kier alpha value is -2.11. The van der Waals surface area contributed by atoms with Crippen molar-refractivity contribution in [2.24, 2.45) is 13.0 Å². The standard InChI is InChI=1S/C13H17N3O3/c1-9-11(13(18)19)5-6-16(9)12(17)4-3-10-7-14-15(2)8-10/h3-4,7-9,11H,5-6H2,1-2H3,(H,18,19). The number of carbonyl (C=O) groups excluding carboxylic acids is 1. The molecule has 0 spiro atoms. The largest absolute Gasteiger partial charge is 0.481 e. The molecule has 0 aliphatic carbocycles. The first kappa shape index (κ1) is 13.3. The van der Waals surface area contributed by atoms with E-state index in [0.717, 1.165) is 5.56 Å². The van der Waals surface area contributed by atoms with Gasteiger partial charge >= 0.3 is 5.97 Å². The third-order valence-electron chi connectivity index (χ3n) is 3.50. The predicted molar refractivity (Wildman–Crippen MR) is 69.2 cm³/mol. The number of carboxylic acids is 1. The molecule has 0 radical (unpaired) electrons. The maximum Gasteiger partial charge on any atom is 0.308 e. The fourth-order valence-corrected chi connectivity index (χ4v) is 2.37. The number of nitrogens with zero attached hydrogens (tertiary/aromatic N) is 3. The Morgan fingerprint density at radius 2 is 2.26 bits per heavy atom. The van der Waals surface area contributed by atoms with Gasteiger partial charge in [-0.15, -0.1) is 0 Å². The molecule has 6 heteroatoms. The summed E-state index contributed by atoms with van der Waals surface area (Å²) in [7, 11) is 1.80. The fraction of sp³-hybridized carbons (Fsp3) is 0.462. The van der Waals surface area contributed by atoms with Crippen LogP contribution in [0.15, 0.2) is 18.5 Å². The molecular weight excluding hydrogens is 246 g/mol. The second-order valence-corrected chi connectivity index (χ2v) is 4.79. The molecule has 1 saturated heterocycles. The van der Waals surface area contributed by atoms with Crippen LogP contribution >= 0.6 is 0 Å². The van der Waals surface area contributed by atoms with Crippen molar-refractivity contribution in [3.8, 4) is 0 Å². The molecule has 1 N–H and O–H groups in total. The van der Waals surface area contributed by atoms with Gasteiger partial charge in [-0.05, 0) is 19.4 Å². The molecule has 1 amide bonds. The van der Waals surface area contributed by atoms with Crippen LogP contribution in [0.25, 0.3) is 6.08 Å². The van der Waals surface area contributed by atoms with Crippen molar-refractivity contribution in [2.45, 2.75) is 19.4 Å². The number of hydrogen-bond acceptors (Lipinski definition) is 3. The Kier molecular flexibility index (Phi) is 3.69. The SMILES string of the molecule is CC1C(C(=O)O)CCN1C(=O)C=Cc1cnn(C)c1. The van der Waals surface area contributed by atoms with Gasteiger partial charge in [0, 0.05) is 37.5 Å². The highest BCUT2D eigenvalue weighted by Crippen LogP contribution is 2.24. The lowest BCUT2D eigenvalue weighted by molar-refractivity contribution is -0.142. The molecule has 6 nitrogen and oxygen atoms in total. The van der Waals surface area contributed by atoms with Crippen LogP contribution in [0, 0.1) is 5.92 Å². The Morgan fingerprint density at radius 3 is 2.79 bits per heavy atom. The highest BCUT2D eigenvalue weighted by atomic mass is 16.4. The molecule has 2 atom stereocenters. The topological polar surface area (TPSA) is 75.4 Å². The third-order valence-corrected chi connectivity index (χ3v) is 3.50. The zero-order chi connectivity index (χ0) is 14.0. The van der Waals surface area contributed by atoms with Gasteiger partial charge in [0.2, 0.25) is 5.91 Å². The molecule has 2 unspecified atom stereocenters. The first-order chi connectivity index (χ1) is 8.99. The van der Waals surface area contributed by atoms with E-state index in [1.165, 1.54) is 6.08 Å². The van der Waals surface area contributed by atoms with Crippen LogP contribution in [0.2, 0.25) is 0 Å². The molecule has 0 aromatic carbocycles. The number of carbonyl (C=O) groups is 2. The van der Waals surface area contributed by atoms with Crippen molar-refractivity contribution in [1.29, 1.82) is 0 Å². The van der Waals surface area contributed by atoms with E-state index in [1.54, 1.807) is 42.0 Å². The number of aliphatic carboxylic acids is 1. The van der Waals surface area contributed by atoms with E-state index in [2.05, 4.69) is 5.10 Å². The van der Waals surface area contributed by atoms with Crippen LogP contribution in [0.1, 0.15) is 18.9 Å². The molecule has 0 saturated carbocycles. The van der Waals surface area contributed by atoms with Gasteiger partial charge in [0.1, 0.15) is 0 Å². The molecule has 102 valence electrons. The van der Waals surface area contributed by atoms with Crippen molar-refractivity contribution >= 4 is 18.0 Å². The zero-order valence-electron chi connectivity index (χ0n) is 11.0. The smallest absolute Gasteiger partial charge is 0.308 e. The number of likely N-dealkylation sites (tertiary alicyclic amines) is 1. The number of aromatic nitrogens is 2. The average Bonchev–Trinajstić information content (AvgIpc) is 2.92. The van der Waals surface area contributed by atoms with Crippen LogP contribution in [0.4, 0.5) is 0 Å². The average molecular weight is 263 g/mol. The van der Waals surface area contributed by atoms with Crippen LogP contribution in [-0.2, 0) is 16.6 Å². The minimum Gasteiger partial charge on any atom is -0.481 e. The second kappa shape index (κ2) is 5.26. The van der Waals surface area contributed by atoms with Crippen molar-refractivity contribution < 1.29 is 14.7 Å². The second-order valence-electron chi connectivity index (χ2n) is 4.79. The Morgan fingerprint density at radius 1 is 1.53 bits per heavy atom. The summed E-state index contributed by atoms with van der Waals surface area (Å²) >= 11 is 0. The van der Waals surface area contributed by atoms with Crippen molar-refractivity contribution in [1.82, 2.24) is 14.7 Å². The molecule has 1 fully saturated rings. The fourth-order valence-electron chi connectivity index (χ4n) is 2.37. The van der Waals surface area contributed by atoms with Crippen LogP contribution < -0.4 is 0 Å². The minimum atomic E-state index is -0.834. The summed E-state index contributed by atoms with van der Waals surface area (Å²) in [4.78, 5) is 24.6. The maximum absolute atomic E-state index is 12.0. The summed E-state index contributed by atoms with van der Waals surface area (Å²) in [6, 6.07) is -0.261. The zero-order valence-corrected chi connectivity index (χ0v) is 11.0. The van der Waals surface area contributed by atoms with Crippen LogP contribution in [-0.4, -0.2) is 44.3 Å². The van der Waals surface area contributed by atoms with Gasteiger partial charge < -0.3 is 10.0 Å². The van der Waals surface area contributed by atoms with Crippen molar-refractivity contribution in [2.75, 3.05) is 6.54 Å². The molecule has 2 heterocycles. The van der Waals surface area contributed by atoms with E-state index in [9.17, 15) is 9.59 Å². The lowest BCUT2D eigenvalue weighted by atomic mass is 10.0. The quantitative estimate of drug-likeness (QED) is 0.817. The summed E-state index contributed by atoms with van der Waals surface area (Å²) in [5, 5.41) is 13.0. The van der Waals surface area contributed by atoms with Gasteiger partial charge in [-0.1, -0.05) is 0 Å². The summed E-state index contributed by atoms with van der Waals surface area (Å²) in [6.07, 6.45) is 7.14. The first-order valence-electron chi connectivity index (χ1n) is 6.19. The van der Waals surface area contributed by atoms with E-state index in [0.29, 0.717) is 13.0 Å². The highest BCUT2D eigenvalue weighted by molar-refractivity contribution is 5.92. The van der Waals surface area contributed by atoms with Crippen molar-refractivity contribution in [3.05, 3.63) is 24.0 Å². The lowest BCUT2D eigenvalue weighted by Gasteiger charge is -2.21. The summed E-state index contributed by atoms with van der Waals surface area (Å²) in [5.74, 6) is -1.45. The van der Waals surface area contributed by atoms with Crippen LogP contribution in [0.5, 0.6) is 0 Å². The molecule has 0 bridgehead atoms. The van der Waals surface area contributed by atoms with E-state index in [-0.39, 0.29) is 11.9 Å². The van der Waals surface area contributed by atoms with Gasteiger partial charge in [-0.2, -0.15) is 5.10 Å². The van der Waals surface area contributed by atoms with E-state index in [4.69, 9.17) is 5.11 Å².